The standard InChI is InChI=1S/C19H19NO4/c1-12(15-4-6-16(7-5-15)13(2)21)20-19(22)10-14-3-8-17-18(9-14)24-11-23-17/h3-9,12H,10-11H2,1-2H3,(H,20,22). The minimum atomic E-state index is -0.132. The minimum absolute atomic E-state index is 0.0287. The van der Waals surface area contributed by atoms with Crippen LogP contribution in [-0.2, 0) is 11.2 Å². The van der Waals surface area contributed by atoms with Gasteiger partial charge in [0.25, 0.3) is 0 Å². The van der Waals surface area contributed by atoms with E-state index in [2.05, 4.69) is 5.32 Å². The van der Waals surface area contributed by atoms with E-state index >= 15 is 0 Å². The highest BCUT2D eigenvalue weighted by Gasteiger charge is 2.15. The molecule has 1 aliphatic heterocycles. The van der Waals surface area contributed by atoms with Crippen molar-refractivity contribution in [2.45, 2.75) is 26.3 Å². The summed E-state index contributed by atoms with van der Waals surface area (Å²) in [5, 5.41) is 2.97. The Hall–Kier alpha value is -2.82. The van der Waals surface area contributed by atoms with Gasteiger partial charge in [-0.1, -0.05) is 30.3 Å². The van der Waals surface area contributed by atoms with Crippen molar-refractivity contribution in [2.75, 3.05) is 6.79 Å². The molecule has 0 aromatic heterocycles. The van der Waals surface area contributed by atoms with Gasteiger partial charge in [0, 0.05) is 5.56 Å². The van der Waals surface area contributed by atoms with E-state index in [-0.39, 0.29) is 30.9 Å². The van der Waals surface area contributed by atoms with Crippen LogP contribution in [0.5, 0.6) is 11.5 Å². The summed E-state index contributed by atoms with van der Waals surface area (Å²) in [5.74, 6) is 1.34. The number of carbonyl (C=O) groups is 2. The first-order valence-corrected chi connectivity index (χ1v) is 7.82. The molecule has 1 unspecified atom stereocenters. The second-order valence-corrected chi connectivity index (χ2v) is 5.83. The third-order valence-corrected chi connectivity index (χ3v) is 4.00. The Morgan fingerprint density at radius 2 is 1.79 bits per heavy atom. The molecule has 124 valence electrons. The van der Waals surface area contributed by atoms with Crippen LogP contribution in [0.25, 0.3) is 0 Å². The monoisotopic (exact) mass is 325 g/mol. The second kappa shape index (κ2) is 6.74. The summed E-state index contributed by atoms with van der Waals surface area (Å²) >= 11 is 0. The Labute approximate surface area is 140 Å². The van der Waals surface area contributed by atoms with E-state index in [1.54, 1.807) is 12.1 Å². The highest BCUT2D eigenvalue weighted by molar-refractivity contribution is 5.94. The highest BCUT2D eigenvalue weighted by atomic mass is 16.7. The van der Waals surface area contributed by atoms with Gasteiger partial charge in [0.2, 0.25) is 12.7 Å². The average molecular weight is 325 g/mol. The van der Waals surface area contributed by atoms with E-state index < -0.39 is 0 Å². The minimum Gasteiger partial charge on any atom is -0.454 e. The molecular formula is C19H19NO4. The number of amides is 1. The molecule has 0 spiro atoms. The van der Waals surface area contributed by atoms with Gasteiger partial charge < -0.3 is 14.8 Å². The SMILES string of the molecule is CC(=O)c1ccc(C(C)NC(=O)Cc2ccc3c(c2)OCO3)cc1. The van der Waals surface area contributed by atoms with Gasteiger partial charge in [-0.25, -0.2) is 0 Å². The fraction of sp³-hybridized carbons (Fsp3) is 0.263. The molecular weight excluding hydrogens is 306 g/mol. The maximum atomic E-state index is 12.2. The number of fused-ring (bicyclic) bond motifs is 1. The zero-order chi connectivity index (χ0) is 17.1. The number of Topliss-reactive ketones (excluding diaryl/α,β-unsaturated/α-hetero) is 1. The van der Waals surface area contributed by atoms with Crippen LogP contribution in [0.2, 0.25) is 0 Å². The number of ether oxygens (including phenoxy) is 2. The molecule has 0 bridgehead atoms. The topological polar surface area (TPSA) is 64.6 Å². The fourth-order valence-electron chi connectivity index (χ4n) is 2.62. The summed E-state index contributed by atoms with van der Waals surface area (Å²) in [5.41, 5.74) is 2.49. The Morgan fingerprint density at radius 3 is 2.50 bits per heavy atom. The first-order chi connectivity index (χ1) is 11.5. The molecule has 0 saturated heterocycles. The molecule has 1 aliphatic rings. The molecule has 2 aromatic rings. The summed E-state index contributed by atoms with van der Waals surface area (Å²) in [4.78, 5) is 23.5. The number of nitrogens with one attached hydrogen (secondary N) is 1. The van der Waals surface area contributed by atoms with Gasteiger partial charge in [-0.15, -0.1) is 0 Å². The number of hydrogen-bond donors (Lipinski definition) is 1. The summed E-state index contributed by atoms with van der Waals surface area (Å²) in [6.45, 7) is 3.67. The van der Waals surface area contributed by atoms with Gasteiger partial charge in [0.05, 0.1) is 12.5 Å². The van der Waals surface area contributed by atoms with Crippen LogP contribution < -0.4 is 14.8 Å². The molecule has 1 atom stereocenters. The summed E-state index contributed by atoms with van der Waals surface area (Å²) in [7, 11) is 0. The van der Waals surface area contributed by atoms with E-state index in [1.807, 2.05) is 37.3 Å². The molecule has 5 heteroatoms. The van der Waals surface area contributed by atoms with Crippen LogP contribution in [0.3, 0.4) is 0 Å². The number of carbonyl (C=O) groups excluding carboxylic acids is 2. The van der Waals surface area contributed by atoms with Crippen molar-refractivity contribution < 1.29 is 19.1 Å². The Kier molecular flexibility index (Phi) is 4.51. The van der Waals surface area contributed by atoms with Crippen LogP contribution >= 0.6 is 0 Å². The Bertz CT molecular complexity index is 767. The van der Waals surface area contributed by atoms with Crippen LogP contribution in [0.4, 0.5) is 0 Å². The fourth-order valence-corrected chi connectivity index (χ4v) is 2.62. The van der Waals surface area contributed by atoms with E-state index in [4.69, 9.17) is 9.47 Å². The lowest BCUT2D eigenvalue weighted by Gasteiger charge is -2.15. The van der Waals surface area contributed by atoms with Crippen molar-refractivity contribution in [3.63, 3.8) is 0 Å². The Morgan fingerprint density at radius 1 is 1.08 bits per heavy atom. The first kappa shape index (κ1) is 16.1. The number of rotatable bonds is 5. The van der Waals surface area contributed by atoms with E-state index in [1.165, 1.54) is 6.92 Å². The number of ketones is 1. The van der Waals surface area contributed by atoms with E-state index in [0.717, 1.165) is 11.1 Å². The number of hydrogen-bond acceptors (Lipinski definition) is 4. The van der Waals surface area contributed by atoms with Crippen LogP contribution in [-0.4, -0.2) is 18.5 Å². The summed E-state index contributed by atoms with van der Waals surface area (Å²) in [6.07, 6.45) is 0.270. The lowest BCUT2D eigenvalue weighted by atomic mass is 10.0. The number of benzene rings is 2. The van der Waals surface area contributed by atoms with Crippen molar-refractivity contribution >= 4 is 11.7 Å². The van der Waals surface area contributed by atoms with Gasteiger partial charge in [-0.2, -0.15) is 0 Å². The molecule has 3 rings (SSSR count). The van der Waals surface area contributed by atoms with Gasteiger partial charge in [0.1, 0.15) is 0 Å². The maximum absolute atomic E-state index is 12.2. The largest absolute Gasteiger partial charge is 0.454 e. The Balaban J connectivity index is 1.60. The normalized spacial score (nSPS) is 13.4. The van der Waals surface area contributed by atoms with Crippen molar-refractivity contribution in [1.82, 2.24) is 5.32 Å². The smallest absolute Gasteiger partial charge is 0.231 e. The van der Waals surface area contributed by atoms with Gasteiger partial charge in [0.15, 0.2) is 17.3 Å². The summed E-state index contributed by atoms with van der Waals surface area (Å²) in [6, 6.07) is 12.6. The third-order valence-electron chi connectivity index (χ3n) is 4.00. The lowest BCUT2D eigenvalue weighted by Crippen LogP contribution is -2.28. The van der Waals surface area contributed by atoms with Crippen molar-refractivity contribution in [1.29, 1.82) is 0 Å². The summed E-state index contributed by atoms with van der Waals surface area (Å²) < 4.78 is 10.6. The predicted molar refractivity (Wildman–Crippen MR) is 89.3 cm³/mol. The molecule has 2 aromatic carbocycles. The third kappa shape index (κ3) is 3.56. The van der Waals surface area contributed by atoms with Crippen LogP contribution in [0, 0.1) is 0 Å². The molecule has 1 amide bonds. The molecule has 5 nitrogen and oxygen atoms in total. The zero-order valence-corrected chi connectivity index (χ0v) is 13.7. The molecule has 0 radical (unpaired) electrons. The van der Waals surface area contributed by atoms with E-state index in [0.29, 0.717) is 17.1 Å². The molecule has 0 aliphatic carbocycles. The van der Waals surface area contributed by atoms with Crippen molar-refractivity contribution in [2.24, 2.45) is 0 Å². The molecule has 1 heterocycles. The average Bonchev–Trinajstić information content (AvgIpc) is 3.02. The van der Waals surface area contributed by atoms with E-state index in [9.17, 15) is 9.59 Å². The lowest BCUT2D eigenvalue weighted by molar-refractivity contribution is -0.121. The molecule has 1 N–H and O–H groups in total. The zero-order valence-electron chi connectivity index (χ0n) is 13.7. The maximum Gasteiger partial charge on any atom is 0.231 e. The molecule has 24 heavy (non-hydrogen) atoms. The molecule has 0 saturated carbocycles. The quantitative estimate of drug-likeness (QED) is 0.858. The van der Waals surface area contributed by atoms with Gasteiger partial charge in [-0.3, -0.25) is 9.59 Å². The van der Waals surface area contributed by atoms with Gasteiger partial charge >= 0.3 is 0 Å². The second-order valence-electron chi connectivity index (χ2n) is 5.83. The highest BCUT2D eigenvalue weighted by Crippen LogP contribution is 2.32. The van der Waals surface area contributed by atoms with Crippen LogP contribution in [0.1, 0.15) is 41.4 Å². The predicted octanol–water partition coefficient (Wildman–Crippen LogP) is 3.04. The first-order valence-electron chi connectivity index (χ1n) is 7.82. The van der Waals surface area contributed by atoms with Crippen molar-refractivity contribution in [3.8, 4) is 11.5 Å². The van der Waals surface area contributed by atoms with Crippen molar-refractivity contribution in [3.05, 3.63) is 59.2 Å². The van der Waals surface area contributed by atoms with Gasteiger partial charge in [-0.05, 0) is 37.1 Å². The molecule has 0 fully saturated rings. The van der Waals surface area contributed by atoms with Crippen LogP contribution in [0.15, 0.2) is 42.5 Å².